The lowest BCUT2D eigenvalue weighted by Gasteiger charge is -2.35. The molecular weight excluding hydrogens is 505 g/mol. The van der Waals surface area contributed by atoms with Crippen LogP contribution in [0.5, 0.6) is 0 Å². The zero-order valence-electron chi connectivity index (χ0n) is 19.9. The van der Waals surface area contributed by atoms with Gasteiger partial charge < -0.3 is 14.4 Å². The van der Waals surface area contributed by atoms with Crippen LogP contribution in [0.4, 0.5) is 5.82 Å². The van der Waals surface area contributed by atoms with Crippen LogP contribution in [0.25, 0.3) is 27.8 Å². The maximum absolute atomic E-state index is 13.0. The van der Waals surface area contributed by atoms with E-state index in [9.17, 15) is 4.79 Å². The van der Waals surface area contributed by atoms with Crippen LogP contribution < -0.4 is 4.90 Å². The Morgan fingerprint density at radius 3 is 2.08 bits per heavy atom. The van der Waals surface area contributed by atoms with Crippen molar-refractivity contribution in [1.82, 2.24) is 19.4 Å². The van der Waals surface area contributed by atoms with E-state index in [0.29, 0.717) is 41.8 Å². The normalized spacial score (nSPS) is 13.8. The van der Waals surface area contributed by atoms with Crippen molar-refractivity contribution in [3.63, 3.8) is 0 Å². The van der Waals surface area contributed by atoms with Gasteiger partial charge in [0.15, 0.2) is 5.65 Å². The van der Waals surface area contributed by atoms with Crippen LogP contribution in [-0.4, -0.2) is 51.5 Å². The Balaban J connectivity index is 1.36. The molecule has 0 saturated carbocycles. The molecule has 3 aromatic carbocycles. The summed E-state index contributed by atoms with van der Waals surface area (Å²) in [5.74, 6) is 0.887. The lowest BCUT2D eigenvalue weighted by atomic mass is 10.1. The summed E-state index contributed by atoms with van der Waals surface area (Å²) in [7, 11) is 0. The number of benzene rings is 3. The first-order chi connectivity index (χ1) is 18.1. The van der Waals surface area contributed by atoms with Gasteiger partial charge in [-0.3, -0.25) is 4.79 Å². The molecule has 3 heterocycles. The molecule has 0 spiro atoms. The van der Waals surface area contributed by atoms with Gasteiger partial charge in [-0.1, -0.05) is 53.5 Å². The summed E-state index contributed by atoms with van der Waals surface area (Å²) in [5, 5.41) is 2.29. The SMILES string of the molecule is O=C(c1ccc(Cl)cc1)N1CCN(c2ncnc3c2c(-c2ccccc2)cn3-c2ccc(Cl)cc2)CC1. The average Bonchev–Trinajstić information content (AvgIpc) is 3.34. The van der Waals surface area contributed by atoms with Crippen LogP contribution in [0.3, 0.4) is 0 Å². The number of anilines is 1. The molecule has 1 fully saturated rings. The molecule has 0 N–H and O–H groups in total. The minimum Gasteiger partial charge on any atom is -0.352 e. The Bertz CT molecular complexity index is 1560. The third-order valence-electron chi connectivity index (χ3n) is 6.71. The summed E-state index contributed by atoms with van der Waals surface area (Å²) in [4.78, 5) is 26.6. The molecule has 0 atom stereocenters. The Labute approximate surface area is 224 Å². The van der Waals surface area contributed by atoms with Crippen LogP contribution in [-0.2, 0) is 0 Å². The second kappa shape index (κ2) is 9.88. The third kappa shape index (κ3) is 4.54. The molecule has 2 aromatic heterocycles. The van der Waals surface area contributed by atoms with Crippen LogP contribution in [0, 0.1) is 0 Å². The van der Waals surface area contributed by atoms with E-state index in [4.69, 9.17) is 28.2 Å². The maximum Gasteiger partial charge on any atom is 0.253 e. The Hall–Kier alpha value is -3.87. The van der Waals surface area contributed by atoms with E-state index in [1.165, 1.54) is 0 Å². The maximum atomic E-state index is 13.0. The Morgan fingerprint density at radius 1 is 0.757 bits per heavy atom. The van der Waals surface area contributed by atoms with Gasteiger partial charge in [0, 0.05) is 59.2 Å². The van der Waals surface area contributed by atoms with Gasteiger partial charge in [0.25, 0.3) is 5.91 Å². The minimum atomic E-state index is 0.0167. The molecule has 0 radical (unpaired) electrons. The van der Waals surface area contributed by atoms with Crippen molar-refractivity contribution in [3.8, 4) is 16.8 Å². The number of aromatic nitrogens is 3. The highest BCUT2D eigenvalue weighted by Gasteiger charge is 2.26. The molecule has 0 bridgehead atoms. The highest BCUT2D eigenvalue weighted by Crippen LogP contribution is 2.37. The van der Waals surface area contributed by atoms with E-state index in [2.05, 4.69) is 32.8 Å². The van der Waals surface area contributed by atoms with Crippen molar-refractivity contribution >= 4 is 46.0 Å². The van der Waals surface area contributed by atoms with Crippen LogP contribution in [0.2, 0.25) is 10.0 Å². The molecule has 6 nitrogen and oxygen atoms in total. The number of rotatable bonds is 4. The molecule has 1 aliphatic heterocycles. The van der Waals surface area contributed by atoms with Crippen molar-refractivity contribution in [1.29, 1.82) is 0 Å². The molecule has 6 rings (SSSR count). The first kappa shape index (κ1) is 23.5. The van der Waals surface area contributed by atoms with E-state index in [0.717, 1.165) is 33.7 Å². The van der Waals surface area contributed by atoms with E-state index in [1.807, 2.05) is 47.4 Å². The summed E-state index contributed by atoms with van der Waals surface area (Å²) in [6.45, 7) is 2.55. The van der Waals surface area contributed by atoms with Gasteiger partial charge in [-0.15, -0.1) is 0 Å². The number of halogens is 2. The van der Waals surface area contributed by atoms with Crippen molar-refractivity contribution < 1.29 is 4.79 Å². The van der Waals surface area contributed by atoms with Crippen molar-refractivity contribution in [3.05, 3.63) is 107 Å². The molecule has 1 amide bonds. The Morgan fingerprint density at radius 2 is 1.41 bits per heavy atom. The zero-order chi connectivity index (χ0) is 25.4. The quantitative estimate of drug-likeness (QED) is 0.273. The Kier molecular flexibility index (Phi) is 6.28. The van der Waals surface area contributed by atoms with E-state index >= 15 is 0 Å². The predicted octanol–water partition coefficient (Wildman–Crippen LogP) is 6.36. The van der Waals surface area contributed by atoms with Crippen molar-refractivity contribution in [2.45, 2.75) is 0 Å². The molecule has 1 aliphatic rings. The average molecular weight is 528 g/mol. The lowest BCUT2D eigenvalue weighted by Crippen LogP contribution is -2.49. The highest BCUT2D eigenvalue weighted by molar-refractivity contribution is 6.31. The highest BCUT2D eigenvalue weighted by atomic mass is 35.5. The second-order valence-corrected chi connectivity index (χ2v) is 9.81. The molecular formula is C29H23Cl2N5O. The van der Waals surface area contributed by atoms with Crippen LogP contribution >= 0.6 is 23.2 Å². The van der Waals surface area contributed by atoms with E-state index in [-0.39, 0.29) is 5.91 Å². The first-order valence-corrected chi connectivity index (χ1v) is 12.8. The van der Waals surface area contributed by atoms with Crippen LogP contribution in [0.15, 0.2) is 91.4 Å². The fourth-order valence-corrected chi connectivity index (χ4v) is 5.07. The summed E-state index contributed by atoms with van der Waals surface area (Å²) >= 11 is 12.1. The molecule has 37 heavy (non-hydrogen) atoms. The number of hydrogen-bond donors (Lipinski definition) is 0. The topological polar surface area (TPSA) is 54.3 Å². The van der Waals surface area contributed by atoms with Gasteiger partial charge in [-0.05, 0) is 54.1 Å². The smallest absolute Gasteiger partial charge is 0.253 e. The number of piperazine rings is 1. The van der Waals surface area contributed by atoms with Gasteiger partial charge in [0.2, 0.25) is 0 Å². The van der Waals surface area contributed by atoms with Gasteiger partial charge in [-0.25, -0.2) is 9.97 Å². The molecule has 0 aliphatic carbocycles. The largest absolute Gasteiger partial charge is 0.352 e. The molecule has 0 unspecified atom stereocenters. The molecule has 1 saturated heterocycles. The predicted molar refractivity (Wildman–Crippen MR) is 149 cm³/mol. The van der Waals surface area contributed by atoms with Crippen LogP contribution in [0.1, 0.15) is 10.4 Å². The third-order valence-corrected chi connectivity index (χ3v) is 7.21. The van der Waals surface area contributed by atoms with Gasteiger partial charge in [0.05, 0.1) is 5.39 Å². The van der Waals surface area contributed by atoms with Gasteiger partial charge in [0.1, 0.15) is 12.1 Å². The number of nitrogens with zero attached hydrogens (tertiary/aromatic N) is 5. The number of carbonyl (C=O) groups excluding carboxylic acids is 1. The summed E-state index contributed by atoms with van der Waals surface area (Å²) in [6.07, 6.45) is 3.73. The monoisotopic (exact) mass is 527 g/mol. The lowest BCUT2D eigenvalue weighted by molar-refractivity contribution is 0.0746. The number of amides is 1. The molecule has 5 aromatic rings. The number of fused-ring (bicyclic) bond motifs is 1. The fraction of sp³-hybridized carbons (Fsp3) is 0.138. The molecule has 8 heteroatoms. The fourth-order valence-electron chi connectivity index (χ4n) is 4.82. The van der Waals surface area contributed by atoms with Gasteiger partial charge in [-0.2, -0.15) is 0 Å². The second-order valence-electron chi connectivity index (χ2n) is 8.94. The van der Waals surface area contributed by atoms with Crippen molar-refractivity contribution in [2.24, 2.45) is 0 Å². The number of carbonyl (C=O) groups is 1. The van der Waals surface area contributed by atoms with E-state index in [1.54, 1.807) is 30.6 Å². The van der Waals surface area contributed by atoms with E-state index < -0.39 is 0 Å². The standard InChI is InChI=1S/C29H23Cl2N5O/c30-22-8-6-21(7-9-22)29(37)35-16-14-34(15-17-35)27-26-25(20-4-2-1-3-5-20)18-36(28(26)33-19-32-27)24-12-10-23(31)11-13-24/h1-13,18-19H,14-17H2. The minimum absolute atomic E-state index is 0.0167. The summed E-state index contributed by atoms with van der Waals surface area (Å²) in [6, 6.07) is 25.0. The van der Waals surface area contributed by atoms with Crippen molar-refractivity contribution in [2.75, 3.05) is 31.1 Å². The van der Waals surface area contributed by atoms with Gasteiger partial charge >= 0.3 is 0 Å². The zero-order valence-corrected chi connectivity index (χ0v) is 21.4. The summed E-state index contributed by atoms with van der Waals surface area (Å²) in [5.41, 5.74) is 4.59. The summed E-state index contributed by atoms with van der Waals surface area (Å²) < 4.78 is 2.08. The first-order valence-electron chi connectivity index (χ1n) is 12.1. The molecule has 184 valence electrons. The number of hydrogen-bond acceptors (Lipinski definition) is 4.